The second kappa shape index (κ2) is 4.74. The van der Waals surface area contributed by atoms with Crippen LogP contribution in [0.15, 0.2) is 18.2 Å². The van der Waals surface area contributed by atoms with E-state index in [4.69, 9.17) is 10.8 Å². The van der Waals surface area contributed by atoms with E-state index < -0.39 is 5.97 Å². The van der Waals surface area contributed by atoms with Gasteiger partial charge in [-0.2, -0.15) is 0 Å². The van der Waals surface area contributed by atoms with Crippen molar-refractivity contribution in [3.8, 4) is 0 Å². The maximum atomic E-state index is 11.0. The first kappa shape index (κ1) is 12.3. The van der Waals surface area contributed by atoms with E-state index in [0.717, 1.165) is 12.2 Å². The lowest BCUT2D eigenvalue weighted by atomic mass is 9.84. The fourth-order valence-corrected chi connectivity index (χ4v) is 3.14. The van der Waals surface area contributed by atoms with Crippen molar-refractivity contribution in [2.75, 3.05) is 30.7 Å². The number of rotatable bonds is 3. The highest BCUT2D eigenvalue weighted by Crippen LogP contribution is 2.31. The molecular weight excluding hydrogens is 242 g/mol. The fourth-order valence-electron chi connectivity index (χ4n) is 3.14. The fraction of sp³-hybridized carbons (Fsp3) is 0.500. The van der Waals surface area contributed by atoms with Crippen LogP contribution in [0.25, 0.3) is 0 Å². The Hall–Kier alpha value is -1.75. The molecule has 1 aromatic carbocycles. The first-order valence-electron chi connectivity index (χ1n) is 6.75. The maximum absolute atomic E-state index is 11.0. The van der Waals surface area contributed by atoms with Gasteiger partial charge < -0.3 is 21.1 Å². The number of nitrogens with one attached hydrogen (secondary N) is 1. The zero-order valence-corrected chi connectivity index (χ0v) is 10.8. The van der Waals surface area contributed by atoms with Crippen molar-refractivity contribution < 1.29 is 9.90 Å². The molecule has 0 saturated carbocycles. The molecule has 5 nitrogen and oxygen atoms in total. The molecule has 0 radical (unpaired) electrons. The molecule has 19 heavy (non-hydrogen) atoms. The van der Waals surface area contributed by atoms with Gasteiger partial charge in [-0.05, 0) is 50.0 Å². The van der Waals surface area contributed by atoms with E-state index in [1.54, 1.807) is 18.2 Å². The van der Waals surface area contributed by atoms with E-state index in [0.29, 0.717) is 17.6 Å². The van der Waals surface area contributed by atoms with E-state index >= 15 is 0 Å². The number of piperidine rings is 3. The molecule has 5 heteroatoms. The summed E-state index contributed by atoms with van der Waals surface area (Å²) in [6.07, 6.45) is 2.44. The predicted molar refractivity (Wildman–Crippen MR) is 74.4 cm³/mol. The van der Waals surface area contributed by atoms with Crippen LogP contribution in [0.2, 0.25) is 0 Å². The molecule has 0 aromatic heterocycles. The number of carboxylic acids is 1. The summed E-state index contributed by atoms with van der Waals surface area (Å²) in [6, 6.07) is 5.22. The average Bonchev–Trinajstić information content (AvgIpc) is 2.42. The number of anilines is 2. The number of benzene rings is 1. The first-order chi connectivity index (χ1) is 9.13. The summed E-state index contributed by atoms with van der Waals surface area (Å²) in [5, 5.41) is 12.5. The Kier molecular flexibility index (Phi) is 3.06. The highest BCUT2D eigenvalue weighted by molar-refractivity contribution is 5.90. The molecule has 4 rings (SSSR count). The quantitative estimate of drug-likeness (QED) is 0.718. The molecule has 3 aliphatic heterocycles. The maximum Gasteiger partial charge on any atom is 0.335 e. The van der Waals surface area contributed by atoms with E-state index in [9.17, 15) is 4.79 Å². The molecule has 4 N–H and O–H groups in total. The number of aromatic carboxylic acids is 1. The number of nitrogens with two attached hydrogens (primary N) is 1. The minimum atomic E-state index is -0.919. The van der Waals surface area contributed by atoms with Crippen LogP contribution in [0, 0.1) is 5.92 Å². The van der Waals surface area contributed by atoms with Gasteiger partial charge in [0.2, 0.25) is 0 Å². The van der Waals surface area contributed by atoms with Crippen molar-refractivity contribution in [2.24, 2.45) is 5.92 Å². The topological polar surface area (TPSA) is 78.6 Å². The largest absolute Gasteiger partial charge is 0.478 e. The molecule has 2 bridgehead atoms. The minimum Gasteiger partial charge on any atom is -0.478 e. The van der Waals surface area contributed by atoms with Crippen LogP contribution >= 0.6 is 0 Å². The molecule has 0 aliphatic carbocycles. The van der Waals surface area contributed by atoms with Crippen molar-refractivity contribution >= 4 is 17.3 Å². The Morgan fingerprint density at radius 1 is 1.37 bits per heavy atom. The van der Waals surface area contributed by atoms with Gasteiger partial charge in [-0.1, -0.05) is 0 Å². The summed E-state index contributed by atoms with van der Waals surface area (Å²) in [5.41, 5.74) is 7.57. The van der Waals surface area contributed by atoms with Crippen LogP contribution in [0.3, 0.4) is 0 Å². The predicted octanol–water partition coefficient (Wildman–Crippen LogP) is 1.47. The Morgan fingerprint density at radius 2 is 2.11 bits per heavy atom. The molecule has 3 aliphatic rings. The number of hydrogen-bond donors (Lipinski definition) is 3. The summed E-state index contributed by atoms with van der Waals surface area (Å²) >= 11 is 0. The van der Waals surface area contributed by atoms with Crippen molar-refractivity contribution in [2.45, 2.75) is 18.9 Å². The van der Waals surface area contributed by atoms with Gasteiger partial charge in [0.25, 0.3) is 0 Å². The highest BCUT2D eigenvalue weighted by Gasteiger charge is 2.34. The van der Waals surface area contributed by atoms with Gasteiger partial charge in [0.1, 0.15) is 0 Å². The molecule has 1 atom stereocenters. The Balaban J connectivity index is 1.79. The Morgan fingerprint density at radius 3 is 2.68 bits per heavy atom. The van der Waals surface area contributed by atoms with Crippen molar-refractivity contribution in [3.05, 3.63) is 23.8 Å². The molecule has 1 aromatic rings. The van der Waals surface area contributed by atoms with E-state index in [1.165, 1.54) is 25.9 Å². The van der Waals surface area contributed by atoms with E-state index in [2.05, 4.69) is 10.2 Å². The Labute approximate surface area is 112 Å². The summed E-state index contributed by atoms with van der Waals surface area (Å²) in [4.78, 5) is 13.5. The van der Waals surface area contributed by atoms with Crippen molar-refractivity contribution in [1.29, 1.82) is 0 Å². The van der Waals surface area contributed by atoms with Gasteiger partial charge in [-0.25, -0.2) is 4.79 Å². The van der Waals surface area contributed by atoms with Crippen LogP contribution in [0.4, 0.5) is 11.4 Å². The van der Waals surface area contributed by atoms with Gasteiger partial charge in [-0.3, -0.25) is 0 Å². The lowest BCUT2D eigenvalue weighted by molar-refractivity contribution is 0.0697. The van der Waals surface area contributed by atoms with Gasteiger partial charge in [0, 0.05) is 12.6 Å². The number of carbonyl (C=O) groups is 1. The molecule has 3 heterocycles. The summed E-state index contributed by atoms with van der Waals surface area (Å²) in [7, 11) is 0. The monoisotopic (exact) mass is 261 g/mol. The standard InChI is InChI=1S/C14H19N3O2/c15-11-2-1-10(14(18)19)7-12(11)16-13-8-17-5-3-9(13)4-6-17/h1-2,7,9,13,16H,3-6,8,15H2,(H,18,19). The van der Waals surface area contributed by atoms with Gasteiger partial charge >= 0.3 is 5.97 Å². The van der Waals surface area contributed by atoms with Crippen molar-refractivity contribution in [1.82, 2.24) is 4.90 Å². The number of hydrogen-bond acceptors (Lipinski definition) is 4. The lowest BCUT2D eigenvalue weighted by Crippen LogP contribution is -2.53. The second-order valence-corrected chi connectivity index (χ2v) is 5.50. The van der Waals surface area contributed by atoms with Crippen molar-refractivity contribution in [3.63, 3.8) is 0 Å². The molecule has 102 valence electrons. The van der Waals surface area contributed by atoms with Gasteiger partial charge in [0.15, 0.2) is 0 Å². The average molecular weight is 261 g/mol. The molecule has 1 unspecified atom stereocenters. The number of nitrogens with zero attached hydrogens (tertiary/aromatic N) is 1. The lowest BCUT2D eigenvalue weighted by Gasteiger charge is -2.45. The Bertz CT molecular complexity index is 495. The molecule has 0 amide bonds. The molecule has 0 spiro atoms. The summed E-state index contributed by atoms with van der Waals surface area (Å²) in [5.74, 6) is -0.241. The van der Waals surface area contributed by atoms with E-state index in [-0.39, 0.29) is 5.56 Å². The normalized spacial score (nSPS) is 29.2. The SMILES string of the molecule is Nc1ccc(C(=O)O)cc1NC1CN2CCC1CC2. The van der Waals surface area contributed by atoms with Crippen LogP contribution < -0.4 is 11.1 Å². The van der Waals surface area contributed by atoms with Gasteiger partial charge in [-0.15, -0.1) is 0 Å². The number of fused-ring (bicyclic) bond motifs is 3. The third kappa shape index (κ3) is 2.38. The summed E-state index contributed by atoms with van der Waals surface area (Å²) < 4.78 is 0. The highest BCUT2D eigenvalue weighted by atomic mass is 16.4. The smallest absolute Gasteiger partial charge is 0.335 e. The number of nitrogen functional groups attached to an aromatic ring is 1. The molecule has 3 fully saturated rings. The van der Waals surface area contributed by atoms with Crippen LogP contribution in [-0.4, -0.2) is 41.7 Å². The molecule has 3 saturated heterocycles. The van der Waals surface area contributed by atoms with Crippen LogP contribution in [0.1, 0.15) is 23.2 Å². The third-order valence-electron chi connectivity index (χ3n) is 4.30. The van der Waals surface area contributed by atoms with E-state index in [1.807, 2.05) is 0 Å². The van der Waals surface area contributed by atoms with Crippen LogP contribution in [-0.2, 0) is 0 Å². The first-order valence-corrected chi connectivity index (χ1v) is 6.75. The summed E-state index contributed by atoms with van der Waals surface area (Å²) in [6.45, 7) is 3.41. The van der Waals surface area contributed by atoms with Gasteiger partial charge in [0.05, 0.1) is 16.9 Å². The zero-order chi connectivity index (χ0) is 13.4. The minimum absolute atomic E-state index is 0.276. The zero-order valence-electron chi connectivity index (χ0n) is 10.8. The second-order valence-electron chi connectivity index (χ2n) is 5.50. The third-order valence-corrected chi connectivity index (χ3v) is 4.30. The van der Waals surface area contributed by atoms with Crippen LogP contribution in [0.5, 0.6) is 0 Å². The molecular formula is C14H19N3O2. The number of carboxylic acid groups (broad SMARTS) is 1.